The summed E-state index contributed by atoms with van der Waals surface area (Å²) >= 11 is 0. The number of nitro groups is 1. The highest BCUT2D eigenvalue weighted by Gasteiger charge is 2.21. The normalized spacial score (nSPS) is 9.73. The first-order valence-electron chi connectivity index (χ1n) is 3.93. The van der Waals surface area contributed by atoms with Gasteiger partial charge in [-0.3, -0.25) is 10.1 Å². The number of nitro benzene ring substituents is 1. The van der Waals surface area contributed by atoms with Gasteiger partial charge < -0.3 is 4.74 Å². The van der Waals surface area contributed by atoms with Gasteiger partial charge in [0.15, 0.2) is 5.82 Å². The summed E-state index contributed by atoms with van der Waals surface area (Å²) in [5, 5.41) is 10.5. The van der Waals surface area contributed by atoms with Crippen LogP contribution in [0.3, 0.4) is 0 Å². The molecule has 0 aliphatic carbocycles. The summed E-state index contributed by atoms with van der Waals surface area (Å²) in [6.07, 6.45) is 1.30. The van der Waals surface area contributed by atoms with Crippen molar-refractivity contribution in [3.05, 3.63) is 46.5 Å². The van der Waals surface area contributed by atoms with Crippen molar-refractivity contribution in [2.45, 2.75) is 0 Å². The van der Waals surface area contributed by atoms with Crippen LogP contribution < -0.4 is 4.74 Å². The molecule has 0 aliphatic rings. The molecule has 0 aliphatic heterocycles. The summed E-state index contributed by atoms with van der Waals surface area (Å²) in [6, 6.07) is 1.12. The van der Waals surface area contributed by atoms with Gasteiger partial charge in [0.25, 0.3) is 0 Å². The van der Waals surface area contributed by atoms with E-state index in [1.807, 2.05) is 0 Å². The van der Waals surface area contributed by atoms with E-state index in [2.05, 4.69) is 6.58 Å². The van der Waals surface area contributed by atoms with E-state index >= 15 is 0 Å². The Morgan fingerprint density at radius 3 is 2.73 bits per heavy atom. The molecule has 15 heavy (non-hydrogen) atoms. The molecule has 0 aromatic heterocycles. The lowest BCUT2D eigenvalue weighted by molar-refractivity contribution is -0.386. The third kappa shape index (κ3) is 2.49. The van der Waals surface area contributed by atoms with Gasteiger partial charge in [-0.1, -0.05) is 12.7 Å². The molecular weight excluding hydrogens is 208 g/mol. The fraction of sp³-hybridized carbons (Fsp3) is 0.111. The Morgan fingerprint density at radius 2 is 2.20 bits per heavy atom. The largest absolute Gasteiger partial charge is 0.481 e. The topological polar surface area (TPSA) is 52.4 Å². The number of benzene rings is 1. The smallest absolute Gasteiger partial charge is 0.316 e. The maximum atomic E-state index is 13.1. The van der Waals surface area contributed by atoms with Crippen molar-refractivity contribution in [1.29, 1.82) is 0 Å². The van der Waals surface area contributed by atoms with Crippen LogP contribution in [0.5, 0.6) is 5.75 Å². The molecule has 0 fully saturated rings. The zero-order valence-electron chi connectivity index (χ0n) is 7.57. The van der Waals surface area contributed by atoms with E-state index in [4.69, 9.17) is 4.74 Å². The predicted molar refractivity (Wildman–Crippen MR) is 48.7 cm³/mol. The quantitative estimate of drug-likeness (QED) is 0.440. The SMILES string of the molecule is C=CCOc1c(F)cc(F)cc1[N+](=O)[O-]. The van der Waals surface area contributed by atoms with Crippen molar-refractivity contribution in [3.63, 3.8) is 0 Å². The summed E-state index contributed by atoms with van der Waals surface area (Å²) in [7, 11) is 0. The molecule has 0 spiro atoms. The molecule has 1 aromatic carbocycles. The van der Waals surface area contributed by atoms with Crippen molar-refractivity contribution in [3.8, 4) is 5.75 Å². The van der Waals surface area contributed by atoms with Crippen LogP contribution in [-0.2, 0) is 0 Å². The Balaban J connectivity index is 3.20. The highest BCUT2D eigenvalue weighted by Crippen LogP contribution is 2.30. The van der Waals surface area contributed by atoms with Crippen molar-refractivity contribution in [1.82, 2.24) is 0 Å². The zero-order chi connectivity index (χ0) is 11.4. The molecular formula is C9H7F2NO3. The highest BCUT2D eigenvalue weighted by atomic mass is 19.1. The Morgan fingerprint density at radius 1 is 1.53 bits per heavy atom. The van der Waals surface area contributed by atoms with Crippen molar-refractivity contribution in [2.24, 2.45) is 0 Å². The molecule has 1 aromatic rings. The van der Waals surface area contributed by atoms with Gasteiger partial charge in [0, 0.05) is 6.07 Å². The summed E-state index contributed by atoms with van der Waals surface area (Å²) in [4.78, 5) is 9.54. The van der Waals surface area contributed by atoms with E-state index < -0.39 is 28.0 Å². The Kier molecular flexibility index (Phi) is 3.33. The summed E-state index contributed by atoms with van der Waals surface area (Å²) in [6.45, 7) is 3.21. The molecule has 0 radical (unpaired) electrons. The zero-order valence-corrected chi connectivity index (χ0v) is 7.57. The standard InChI is InChI=1S/C9H7F2NO3/c1-2-3-15-9-7(11)4-6(10)5-8(9)12(13)14/h2,4-5H,1,3H2. The third-order valence-electron chi connectivity index (χ3n) is 1.53. The van der Waals surface area contributed by atoms with Gasteiger partial charge in [-0.2, -0.15) is 0 Å². The van der Waals surface area contributed by atoms with Crippen LogP contribution in [0.15, 0.2) is 24.8 Å². The van der Waals surface area contributed by atoms with Crippen molar-refractivity contribution in [2.75, 3.05) is 6.61 Å². The Labute approximate surface area is 83.9 Å². The molecule has 0 amide bonds. The van der Waals surface area contributed by atoms with E-state index in [1.54, 1.807) is 0 Å². The molecule has 80 valence electrons. The molecule has 6 heteroatoms. The first-order valence-corrected chi connectivity index (χ1v) is 3.93. The number of nitrogens with zero attached hydrogens (tertiary/aromatic N) is 1. The van der Waals surface area contributed by atoms with Crippen LogP contribution in [-0.4, -0.2) is 11.5 Å². The first kappa shape index (κ1) is 11.1. The second-order valence-electron chi connectivity index (χ2n) is 2.59. The molecule has 0 N–H and O–H groups in total. The van der Waals surface area contributed by atoms with E-state index in [0.717, 1.165) is 0 Å². The lowest BCUT2D eigenvalue weighted by atomic mass is 10.2. The minimum atomic E-state index is -1.11. The fourth-order valence-corrected chi connectivity index (χ4v) is 0.968. The van der Waals surface area contributed by atoms with Gasteiger partial charge in [-0.25, -0.2) is 8.78 Å². The molecule has 1 rings (SSSR count). The van der Waals surface area contributed by atoms with Crippen molar-refractivity contribution >= 4 is 5.69 Å². The second kappa shape index (κ2) is 4.50. The maximum Gasteiger partial charge on any atom is 0.316 e. The average molecular weight is 215 g/mol. The first-order chi connectivity index (χ1) is 7.06. The van der Waals surface area contributed by atoms with E-state index in [9.17, 15) is 18.9 Å². The third-order valence-corrected chi connectivity index (χ3v) is 1.53. The van der Waals surface area contributed by atoms with Crippen LogP contribution in [0, 0.1) is 21.7 Å². The number of hydrogen-bond acceptors (Lipinski definition) is 3. The summed E-state index contributed by atoms with van der Waals surface area (Å²) in [5.74, 6) is -2.71. The lowest BCUT2D eigenvalue weighted by Crippen LogP contribution is -2.01. The monoisotopic (exact) mass is 215 g/mol. The molecule has 0 atom stereocenters. The van der Waals surface area contributed by atoms with E-state index in [-0.39, 0.29) is 6.61 Å². The minimum Gasteiger partial charge on any atom is -0.481 e. The van der Waals surface area contributed by atoms with Gasteiger partial charge >= 0.3 is 5.69 Å². The molecule has 0 saturated heterocycles. The van der Waals surface area contributed by atoms with E-state index in [0.29, 0.717) is 12.1 Å². The number of halogens is 2. The van der Waals surface area contributed by atoms with Crippen LogP contribution in [0.4, 0.5) is 14.5 Å². The van der Waals surface area contributed by atoms with Crippen molar-refractivity contribution < 1.29 is 18.4 Å². The lowest BCUT2D eigenvalue weighted by Gasteiger charge is -2.05. The molecule has 0 bridgehead atoms. The number of hydrogen-bond donors (Lipinski definition) is 0. The highest BCUT2D eigenvalue weighted by molar-refractivity contribution is 5.47. The maximum absolute atomic E-state index is 13.1. The molecule has 0 heterocycles. The number of ether oxygens (including phenoxy) is 1. The Bertz CT molecular complexity index is 407. The van der Waals surface area contributed by atoms with Gasteiger partial charge in [-0.15, -0.1) is 0 Å². The van der Waals surface area contributed by atoms with Crippen LogP contribution >= 0.6 is 0 Å². The van der Waals surface area contributed by atoms with Gasteiger partial charge in [0.05, 0.1) is 11.0 Å². The number of rotatable bonds is 4. The van der Waals surface area contributed by atoms with Crippen LogP contribution in [0.1, 0.15) is 0 Å². The predicted octanol–water partition coefficient (Wildman–Crippen LogP) is 2.44. The minimum absolute atomic E-state index is 0.0939. The van der Waals surface area contributed by atoms with Gasteiger partial charge in [0.2, 0.25) is 5.75 Å². The molecule has 0 unspecified atom stereocenters. The molecule has 0 saturated carbocycles. The Hall–Kier alpha value is -1.98. The average Bonchev–Trinajstić information content (AvgIpc) is 2.15. The van der Waals surface area contributed by atoms with Crippen LogP contribution in [0.2, 0.25) is 0 Å². The van der Waals surface area contributed by atoms with E-state index in [1.165, 1.54) is 6.08 Å². The van der Waals surface area contributed by atoms with Gasteiger partial charge in [-0.05, 0) is 0 Å². The second-order valence-corrected chi connectivity index (χ2v) is 2.59. The summed E-state index contributed by atoms with van der Waals surface area (Å²) in [5.41, 5.74) is -0.741. The fourth-order valence-electron chi connectivity index (χ4n) is 0.968. The summed E-state index contributed by atoms with van der Waals surface area (Å²) < 4.78 is 30.5. The van der Waals surface area contributed by atoms with Gasteiger partial charge in [0.1, 0.15) is 12.4 Å². The molecule has 4 nitrogen and oxygen atoms in total. The van der Waals surface area contributed by atoms with Crippen LogP contribution in [0.25, 0.3) is 0 Å².